The van der Waals surface area contributed by atoms with Gasteiger partial charge in [0.15, 0.2) is 11.2 Å². The molecule has 2 N–H and O–H groups in total. The van der Waals surface area contributed by atoms with E-state index in [-0.39, 0.29) is 35.3 Å². The lowest BCUT2D eigenvalue weighted by atomic mass is 10.2. The number of ether oxygens (including phenoxy) is 1. The number of aromatic amines is 1. The van der Waals surface area contributed by atoms with E-state index in [0.29, 0.717) is 12.3 Å². The van der Waals surface area contributed by atoms with E-state index >= 15 is 0 Å². The Morgan fingerprint density at radius 1 is 1.22 bits per heavy atom. The molecular formula is C18H21ClN4O4. The van der Waals surface area contributed by atoms with Gasteiger partial charge in [0.2, 0.25) is 5.28 Å². The van der Waals surface area contributed by atoms with Crippen molar-refractivity contribution in [3.63, 3.8) is 0 Å². The van der Waals surface area contributed by atoms with Gasteiger partial charge in [-0.1, -0.05) is 25.8 Å². The van der Waals surface area contributed by atoms with Crippen molar-refractivity contribution in [3.05, 3.63) is 50.4 Å². The number of fused-ring (bicyclic) bond motifs is 1. The summed E-state index contributed by atoms with van der Waals surface area (Å²) in [6, 6.07) is 6.32. The van der Waals surface area contributed by atoms with Crippen LogP contribution in [0.2, 0.25) is 5.28 Å². The normalized spacial score (nSPS) is 11.2. The number of rotatable bonds is 8. The summed E-state index contributed by atoms with van der Waals surface area (Å²) in [5.41, 5.74) is -0.448. The molecule has 3 aromatic rings. The van der Waals surface area contributed by atoms with Gasteiger partial charge < -0.3 is 14.8 Å². The Morgan fingerprint density at radius 3 is 2.78 bits per heavy atom. The Labute approximate surface area is 160 Å². The summed E-state index contributed by atoms with van der Waals surface area (Å²) in [6.45, 7) is 2.69. The van der Waals surface area contributed by atoms with Crippen molar-refractivity contribution in [1.29, 1.82) is 0 Å². The zero-order valence-corrected chi connectivity index (χ0v) is 15.7. The van der Waals surface area contributed by atoms with Gasteiger partial charge in [-0.3, -0.25) is 13.9 Å². The van der Waals surface area contributed by atoms with Crippen LogP contribution in [0.5, 0.6) is 11.5 Å². The molecule has 8 nitrogen and oxygen atoms in total. The van der Waals surface area contributed by atoms with Gasteiger partial charge in [-0.05, 0) is 30.2 Å². The average molecular weight is 393 g/mol. The molecule has 9 heteroatoms. The number of aromatic hydroxyl groups is 1. The van der Waals surface area contributed by atoms with Crippen molar-refractivity contribution >= 4 is 22.8 Å². The third kappa shape index (κ3) is 4.16. The smallest absolute Gasteiger partial charge is 0.332 e. The number of aromatic nitrogens is 4. The van der Waals surface area contributed by atoms with Crippen LogP contribution in [0, 0.1) is 0 Å². The van der Waals surface area contributed by atoms with Crippen LogP contribution < -0.4 is 16.0 Å². The van der Waals surface area contributed by atoms with Crippen LogP contribution in [-0.4, -0.2) is 30.8 Å². The number of hydrogen-bond acceptors (Lipinski definition) is 5. The maximum absolute atomic E-state index is 12.8. The molecule has 0 aliphatic carbocycles. The highest BCUT2D eigenvalue weighted by Crippen LogP contribution is 2.17. The Kier molecular flexibility index (Phi) is 5.85. The van der Waals surface area contributed by atoms with Gasteiger partial charge >= 0.3 is 5.69 Å². The Bertz CT molecular complexity index is 1050. The van der Waals surface area contributed by atoms with E-state index in [4.69, 9.17) is 16.3 Å². The van der Waals surface area contributed by atoms with Crippen LogP contribution in [0.25, 0.3) is 11.2 Å². The third-order valence-corrected chi connectivity index (χ3v) is 4.40. The first-order valence-corrected chi connectivity index (χ1v) is 9.19. The SMILES string of the molecule is CCCCCn1c(=O)n(CCOc2cccc(O)c2)c(=O)c2[nH]c(Cl)nc21. The number of nitrogens with zero attached hydrogens (tertiary/aromatic N) is 3. The fourth-order valence-corrected chi connectivity index (χ4v) is 3.06. The van der Waals surface area contributed by atoms with E-state index in [1.54, 1.807) is 12.1 Å². The van der Waals surface area contributed by atoms with E-state index < -0.39 is 11.2 Å². The molecule has 0 atom stereocenters. The van der Waals surface area contributed by atoms with Crippen LogP contribution >= 0.6 is 11.6 Å². The van der Waals surface area contributed by atoms with Gasteiger partial charge in [0.05, 0.1) is 6.54 Å². The number of phenols is 1. The Balaban J connectivity index is 1.89. The molecule has 0 spiro atoms. The van der Waals surface area contributed by atoms with Crippen LogP contribution in [0.15, 0.2) is 33.9 Å². The quantitative estimate of drug-likeness (QED) is 0.453. The molecule has 0 bridgehead atoms. The standard InChI is InChI=1S/C18H21ClN4O4/c1-2-3-4-8-22-15-14(20-17(19)21-15)16(25)23(18(22)26)9-10-27-13-7-5-6-12(24)11-13/h5-7,11,24H,2-4,8-10H2,1H3,(H,20,21). The molecule has 3 rings (SSSR count). The van der Waals surface area contributed by atoms with Crippen molar-refractivity contribution in [1.82, 2.24) is 19.1 Å². The number of halogens is 1. The molecule has 0 amide bonds. The zero-order chi connectivity index (χ0) is 19.4. The fraction of sp³-hybridized carbons (Fsp3) is 0.389. The zero-order valence-electron chi connectivity index (χ0n) is 14.9. The predicted molar refractivity (Wildman–Crippen MR) is 103 cm³/mol. The molecule has 27 heavy (non-hydrogen) atoms. The Morgan fingerprint density at radius 2 is 2.04 bits per heavy atom. The molecule has 0 aliphatic heterocycles. The van der Waals surface area contributed by atoms with Crippen molar-refractivity contribution in [2.45, 2.75) is 39.3 Å². The number of phenolic OH excluding ortho intramolecular Hbond substituents is 1. The highest BCUT2D eigenvalue weighted by atomic mass is 35.5. The molecule has 0 aliphatic rings. The number of H-pyrrole nitrogens is 1. The lowest BCUT2D eigenvalue weighted by Gasteiger charge is -2.12. The summed E-state index contributed by atoms with van der Waals surface area (Å²) in [4.78, 5) is 32.3. The molecule has 2 heterocycles. The average Bonchev–Trinajstić information content (AvgIpc) is 3.02. The lowest BCUT2D eigenvalue weighted by Crippen LogP contribution is -2.41. The lowest BCUT2D eigenvalue weighted by molar-refractivity contribution is 0.290. The molecule has 0 saturated carbocycles. The van der Waals surface area contributed by atoms with Crippen molar-refractivity contribution < 1.29 is 9.84 Å². The summed E-state index contributed by atoms with van der Waals surface area (Å²) in [6.07, 6.45) is 2.77. The van der Waals surface area contributed by atoms with Crippen molar-refractivity contribution in [2.75, 3.05) is 6.61 Å². The van der Waals surface area contributed by atoms with Gasteiger partial charge in [0.1, 0.15) is 18.1 Å². The van der Waals surface area contributed by atoms with E-state index in [9.17, 15) is 14.7 Å². The second-order valence-electron chi connectivity index (χ2n) is 6.17. The van der Waals surface area contributed by atoms with E-state index in [2.05, 4.69) is 16.9 Å². The molecule has 0 saturated heterocycles. The molecule has 0 unspecified atom stereocenters. The number of imidazole rings is 1. The second kappa shape index (κ2) is 8.30. The summed E-state index contributed by atoms with van der Waals surface area (Å²) >= 11 is 5.91. The maximum Gasteiger partial charge on any atom is 0.332 e. The molecule has 0 radical (unpaired) electrons. The Hall–Kier alpha value is -2.74. The molecular weight excluding hydrogens is 372 g/mol. The molecule has 144 valence electrons. The van der Waals surface area contributed by atoms with Gasteiger partial charge in [-0.15, -0.1) is 0 Å². The molecule has 1 aromatic carbocycles. The van der Waals surface area contributed by atoms with Gasteiger partial charge in [-0.2, -0.15) is 4.98 Å². The van der Waals surface area contributed by atoms with E-state index in [0.717, 1.165) is 23.8 Å². The first-order chi connectivity index (χ1) is 13.0. The predicted octanol–water partition coefficient (Wildman–Crippen LogP) is 2.51. The first-order valence-electron chi connectivity index (χ1n) is 8.82. The van der Waals surface area contributed by atoms with Gasteiger partial charge in [0.25, 0.3) is 5.56 Å². The number of benzene rings is 1. The van der Waals surface area contributed by atoms with Crippen LogP contribution in [0.4, 0.5) is 0 Å². The maximum atomic E-state index is 12.8. The number of nitrogens with one attached hydrogen (secondary N) is 1. The minimum absolute atomic E-state index is 0.0632. The van der Waals surface area contributed by atoms with Crippen molar-refractivity contribution in [2.24, 2.45) is 0 Å². The van der Waals surface area contributed by atoms with E-state index in [1.807, 2.05) is 0 Å². The topological polar surface area (TPSA) is 102 Å². The fourth-order valence-electron chi connectivity index (χ4n) is 2.89. The highest BCUT2D eigenvalue weighted by Gasteiger charge is 2.16. The van der Waals surface area contributed by atoms with E-state index in [1.165, 1.54) is 16.7 Å². The van der Waals surface area contributed by atoms with Gasteiger partial charge in [0, 0.05) is 12.6 Å². The first kappa shape index (κ1) is 19.0. The monoisotopic (exact) mass is 392 g/mol. The largest absolute Gasteiger partial charge is 0.508 e. The highest BCUT2D eigenvalue weighted by molar-refractivity contribution is 6.28. The summed E-state index contributed by atoms with van der Waals surface area (Å²) in [7, 11) is 0. The van der Waals surface area contributed by atoms with Crippen LogP contribution in [-0.2, 0) is 13.1 Å². The number of hydrogen-bond donors (Lipinski definition) is 2. The second-order valence-corrected chi connectivity index (χ2v) is 6.53. The van der Waals surface area contributed by atoms with Crippen LogP contribution in [0.1, 0.15) is 26.2 Å². The molecule has 0 fully saturated rings. The summed E-state index contributed by atoms with van der Waals surface area (Å²) in [5, 5.41) is 9.53. The minimum Gasteiger partial charge on any atom is -0.508 e. The third-order valence-electron chi connectivity index (χ3n) is 4.22. The number of aryl methyl sites for hydroxylation is 1. The van der Waals surface area contributed by atoms with Crippen molar-refractivity contribution in [3.8, 4) is 11.5 Å². The number of unbranched alkanes of at least 4 members (excludes halogenated alkanes) is 2. The molecule has 2 aromatic heterocycles. The minimum atomic E-state index is -0.486. The van der Waals surface area contributed by atoms with Gasteiger partial charge in [-0.25, -0.2) is 4.79 Å². The summed E-state index contributed by atoms with van der Waals surface area (Å²) in [5.74, 6) is 0.536. The summed E-state index contributed by atoms with van der Waals surface area (Å²) < 4.78 is 8.13. The van der Waals surface area contributed by atoms with Crippen LogP contribution in [0.3, 0.4) is 0 Å².